The zero-order valence-electron chi connectivity index (χ0n) is 19.3. The standard InChI is InChI=1S/C25H29N3O6/c1-27(2)13-21(23(29)28-11-12-33-15-22(28)24(30)31)26-25(32)34-14-20-18-9-5-3-7-16(18)17-8-4-6-10-19(17)20/h3-10,20-22H,11-15H2,1-2H3,(H,26,32)(H,30,31). The van der Waals surface area contributed by atoms with Crippen molar-refractivity contribution in [3.63, 3.8) is 0 Å². The molecule has 0 spiro atoms. The SMILES string of the molecule is CN(C)CC(NC(=O)OCC1c2ccccc2-c2ccccc21)C(=O)N1CCOCC1C(=O)O. The molecule has 2 atom stereocenters. The highest BCUT2D eigenvalue weighted by atomic mass is 16.5. The number of alkyl carbamates (subject to hydrolysis) is 1. The number of carboxylic acid groups (broad SMARTS) is 1. The van der Waals surface area contributed by atoms with Gasteiger partial charge in [-0.15, -0.1) is 0 Å². The highest BCUT2D eigenvalue weighted by Crippen LogP contribution is 2.44. The number of rotatable bonds is 7. The summed E-state index contributed by atoms with van der Waals surface area (Å²) in [5, 5.41) is 12.1. The van der Waals surface area contributed by atoms with Crippen molar-refractivity contribution in [2.24, 2.45) is 0 Å². The molecule has 0 aromatic heterocycles. The van der Waals surface area contributed by atoms with Gasteiger partial charge in [-0.3, -0.25) is 4.79 Å². The smallest absolute Gasteiger partial charge is 0.407 e. The summed E-state index contributed by atoms with van der Waals surface area (Å²) < 4.78 is 10.8. The third kappa shape index (κ3) is 4.90. The average molecular weight is 468 g/mol. The van der Waals surface area contributed by atoms with Crippen molar-refractivity contribution in [2.75, 3.05) is 47.0 Å². The topological polar surface area (TPSA) is 108 Å². The van der Waals surface area contributed by atoms with Crippen LogP contribution < -0.4 is 5.32 Å². The molecular formula is C25H29N3O6. The molecule has 9 nitrogen and oxygen atoms in total. The summed E-state index contributed by atoms with van der Waals surface area (Å²) in [5.74, 6) is -1.72. The number of carbonyl (C=O) groups is 3. The minimum absolute atomic E-state index is 0.0826. The molecule has 1 aliphatic heterocycles. The van der Waals surface area contributed by atoms with Crippen LogP contribution in [0, 0.1) is 0 Å². The van der Waals surface area contributed by atoms with Crippen LogP contribution in [0.3, 0.4) is 0 Å². The zero-order chi connectivity index (χ0) is 24.2. The normalized spacial score (nSPS) is 18.2. The number of nitrogens with zero attached hydrogens (tertiary/aromatic N) is 2. The lowest BCUT2D eigenvalue weighted by Gasteiger charge is -2.35. The van der Waals surface area contributed by atoms with Gasteiger partial charge in [-0.2, -0.15) is 0 Å². The lowest BCUT2D eigenvalue weighted by atomic mass is 9.98. The van der Waals surface area contributed by atoms with Crippen LogP contribution in [0.4, 0.5) is 4.79 Å². The molecule has 1 fully saturated rings. The maximum atomic E-state index is 13.2. The largest absolute Gasteiger partial charge is 0.480 e. The van der Waals surface area contributed by atoms with E-state index in [1.54, 1.807) is 19.0 Å². The third-order valence-corrected chi connectivity index (χ3v) is 6.18. The molecule has 9 heteroatoms. The quantitative estimate of drug-likeness (QED) is 0.639. The second kappa shape index (κ2) is 10.2. The highest BCUT2D eigenvalue weighted by Gasteiger charge is 2.37. The molecule has 0 saturated carbocycles. The molecule has 180 valence electrons. The highest BCUT2D eigenvalue weighted by molar-refractivity contribution is 5.90. The van der Waals surface area contributed by atoms with E-state index in [0.29, 0.717) is 0 Å². The molecule has 1 heterocycles. The number of fused-ring (bicyclic) bond motifs is 3. The molecule has 0 bridgehead atoms. The van der Waals surface area contributed by atoms with Crippen LogP contribution in [0.2, 0.25) is 0 Å². The van der Waals surface area contributed by atoms with Crippen LogP contribution in [0.1, 0.15) is 17.0 Å². The van der Waals surface area contributed by atoms with Crippen molar-refractivity contribution in [3.05, 3.63) is 59.7 Å². The van der Waals surface area contributed by atoms with Crippen molar-refractivity contribution in [1.82, 2.24) is 15.1 Å². The van der Waals surface area contributed by atoms with E-state index >= 15 is 0 Å². The molecule has 2 N–H and O–H groups in total. The predicted octanol–water partition coefficient (Wildman–Crippen LogP) is 1.77. The first-order valence-electron chi connectivity index (χ1n) is 11.2. The lowest BCUT2D eigenvalue weighted by Crippen LogP contribution is -2.60. The summed E-state index contributed by atoms with van der Waals surface area (Å²) in [4.78, 5) is 40.5. The van der Waals surface area contributed by atoms with Gasteiger partial charge < -0.3 is 29.7 Å². The van der Waals surface area contributed by atoms with E-state index in [0.717, 1.165) is 22.3 Å². The maximum absolute atomic E-state index is 13.2. The fourth-order valence-corrected chi connectivity index (χ4v) is 4.61. The monoisotopic (exact) mass is 467 g/mol. The molecule has 2 aliphatic rings. The Balaban J connectivity index is 1.45. The van der Waals surface area contributed by atoms with E-state index in [1.165, 1.54) is 4.90 Å². The number of morpholine rings is 1. The number of hydrogen-bond donors (Lipinski definition) is 2. The Morgan fingerprint density at radius 3 is 2.32 bits per heavy atom. The van der Waals surface area contributed by atoms with Crippen LogP contribution in [0.25, 0.3) is 11.1 Å². The second-order valence-corrected chi connectivity index (χ2v) is 8.75. The number of benzene rings is 2. The van der Waals surface area contributed by atoms with E-state index in [9.17, 15) is 19.5 Å². The molecule has 2 aromatic carbocycles. The summed E-state index contributed by atoms with van der Waals surface area (Å²) in [6.45, 7) is 0.632. The fraction of sp³-hybridized carbons (Fsp3) is 0.400. The second-order valence-electron chi connectivity index (χ2n) is 8.75. The Bertz CT molecular complexity index is 1030. The maximum Gasteiger partial charge on any atom is 0.407 e. The van der Waals surface area contributed by atoms with Crippen molar-refractivity contribution >= 4 is 18.0 Å². The Hall–Kier alpha value is -3.43. The van der Waals surface area contributed by atoms with Gasteiger partial charge in [0.15, 0.2) is 6.04 Å². The molecule has 34 heavy (non-hydrogen) atoms. The van der Waals surface area contributed by atoms with E-state index in [1.807, 2.05) is 36.4 Å². The van der Waals surface area contributed by atoms with Gasteiger partial charge in [0, 0.05) is 19.0 Å². The molecule has 0 radical (unpaired) electrons. The summed E-state index contributed by atoms with van der Waals surface area (Å²) in [7, 11) is 3.54. The zero-order valence-corrected chi connectivity index (χ0v) is 19.3. The molecule has 2 amide bonds. The van der Waals surface area contributed by atoms with Gasteiger partial charge in [-0.05, 0) is 36.3 Å². The van der Waals surface area contributed by atoms with Gasteiger partial charge in [0.25, 0.3) is 0 Å². The number of ether oxygens (including phenoxy) is 2. The fourth-order valence-electron chi connectivity index (χ4n) is 4.61. The number of carboxylic acids is 1. The first-order chi connectivity index (χ1) is 16.4. The number of amides is 2. The van der Waals surface area contributed by atoms with Crippen molar-refractivity contribution in [2.45, 2.75) is 18.0 Å². The molecule has 2 aromatic rings. The van der Waals surface area contributed by atoms with Crippen LogP contribution in [0.15, 0.2) is 48.5 Å². The number of likely N-dealkylation sites (N-methyl/N-ethyl adjacent to an activating group) is 1. The van der Waals surface area contributed by atoms with Crippen LogP contribution >= 0.6 is 0 Å². The summed E-state index contributed by atoms with van der Waals surface area (Å²) in [5.41, 5.74) is 4.43. The van der Waals surface area contributed by atoms with E-state index in [-0.39, 0.29) is 38.8 Å². The Labute approximate surface area is 198 Å². The summed E-state index contributed by atoms with van der Waals surface area (Å²) >= 11 is 0. The van der Waals surface area contributed by atoms with Gasteiger partial charge in [-0.1, -0.05) is 48.5 Å². The average Bonchev–Trinajstić information content (AvgIpc) is 3.15. The van der Waals surface area contributed by atoms with Crippen molar-refractivity contribution in [1.29, 1.82) is 0 Å². The summed E-state index contributed by atoms with van der Waals surface area (Å²) in [6, 6.07) is 14.0. The van der Waals surface area contributed by atoms with Gasteiger partial charge in [0.2, 0.25) is 5.91 Å². The van der Waals surface area contributed by atoms with Gasteiger partial charge in [0.05, 0.1) is 13.2 Å². The number of carbonyl (C=O) groups excluding carboxylic acids is 2. The van der Waals surface area contributed by atoms with E-state index in [4.69, 9.17) is 9.47 Å². The third-order valence-electron chi connectivity index (χ3n) is 6.18. The summed E-state index contributed by atoms with van der Waals surface area (Å²) in [6.07, 6.45) is -0.720. The van der Waals surface area contributed by atoms with Gasteiger partial charge in [0.1, 0.15) is 12.6 Å². The Morgan fingerprint density at radius 2 is 1.74 bits per heavy atom. The first kappa shape index (κ1) is 23.7. The minimum atomic E-state index is -1.14. The van der Waals surface area contributed by atoms with Crippen LogP contribution in [0.5, 0.6) is 0 Å². The van der Waals surface area contributed by atoms with Crippen molar-refractivity contribution < 1.29 is 29.0 Å². The number of aliphatic carboxylic acids is 1. The number of nitrogens with one attached hydrogen (secondary N) is 1. The molecular weight excluding hydrogens is 438 g/mol. The molecule has 1 saturated heterocycles. The predicted molar refractivity (Wildman–Crippen MR) is 125 cm³/mol. The van der Waals surface area contributed by atoms with E-state index in [2.05, 4.69) is 17.4 Å². The molecule has 4 rings (SSSR count). The Morgan fingerprint density at radius 1 is 1.12 bits per heavy atom. The Kier molecular flexibility index (Phi) is 7.14. The van der Waals surface area contributed by atoms with Crippen molar-refractivity contribution in [3.8, 4) is 11.1 Å². The van der Waals surface area contributed by atoms with Crippen LogP contribution in [-0.4, -0.2) is 92.0 Å². The lowest BCUT2D eigenvalue weighted by molar-refractivity contribution is -0.159. The first-order valence-corrected chi connectivity index (χ1v) is 11.2. The molecule has 2 unspecified atom stereocenters. The number of hydrogen-bond acceptors (Lipinski definition) is 6. The van der Waals surface area contributed by atoms with Gasteiger partial charge >= 0.3 is 12.1 Å². The molecule has 1 aliphatic carbocycles. The van der Waals surface area contributed by atoms with E-state index < -0.39 is 30.1 Å². The van der Waals surface area contributed by atoms with Crippen LogP contribution in [-0.2, 0) is 19.1 Å². The van der Waals surface area contributed by atoms with Gasteiger partial charge in [-0.25, -0.2) is 9.59 Å². The minimum Gasteiger partial charge on any atom is -0.480 e.